The molecule has 0 amide bonds. The molecule has 3 rings (SSSR count). The predicted molar refractivity (Wildman–Crippen MR) is 113 cm³/mol. The number of aromatic nitrogens is 5. The number of alkyl halides is 3. The Bertz CT molecular complexity index is 1090. The van der Waals surface area contributed by atoms with Gasteiger partial charge in [0.2, 0.25) is 0 Å². The number of nitrogens with zero attached hydrogens (tertiary/aromatic N) is 5. The molecule has 3 heterocycles. The van der Waals surface area contributed by atoms with Crippen LogP contribution in [0.25, 0.3) is 5.82 Å². The van der Waals surface area contributed by atoms with Crippen molar-refractivity contribution in [2.45, 2.75) is 59.1 Å². The van der Waals surface area contributed by atoms with Crippen molar-refractivity contribution >= 4 is 5.97 Å². The summed E-state index contributed by atoms with van der Waals surface area (Å²) in [7, 11) is 0. The van der Waals surface area contributed by atoms with Crippen molar-refractivity contribution in [2.24, 2.45) is 0 Å². The van der Waals surface area contributed by atoms with E-state index in [0.29, 0.717) is 37.6 Å². The van der Waals surface area contributed by atoms with Crippen LogP contribution in [0.1, 0.15) is 62.4 Å². The standard InChI is InChI=1S/C22H26F3N5O3/c1-5-16-11-27-30(33-15(4)31)21(16)32-10-6-7-17-13-29(28-20(17)14(2)3)19-9-8-18(12-26-19)22(23,24)25/h8-9,11-14H,5-7,10H2,1-4H3. The molecule has 3 aromatic rings. The second kappa shape index (κ2) is 10.1. The molecule has 178 valence electrons. The summed E-state index contributed by atoms with van der Waals surface area (Å²) < 4.78 is 45.7. The summed E-state index contributed by atoms with van der Waals surface area (Å²) in [4.78, 5) is 21.3. The third kappa shape index (κ3) is 5.91. The lowest BCUT2D eigenvalue weighted by Crippen LogP contribution is -2.19. The average molecular weight is 465 g/mol. The van der Waals surface area contributed by atoms with Gasteiger partial charge >= 0.3 is 12.1 Å². The molecule has 0 spiro atoms. The maximum absolute atomic E-state index is 12.8. The van der Waals surface area contributed by atoms with E-state index in [2.05, 4.69) is 15.2 Å². The van der Waals surface area contributed by atoms with Crippen molar-refractivity contribution in [3.8, 4) is 11.7 Å². The first-order chi connectivity index (χ1) is 15.6. The van der Waals surface area contributed by atoms with Crippen LogP contribution in [0.2, 0.25) is 0 Å². The van der Waals surface area contributed by atoms with Crippen molar-refractivity contribution in [3.05, 3.63) is 53.1 Å². The first-order valence-corrected chi connectivity index (χ1v) is 10.6. The highest BCUT2D eigenvalue weighted by Crippen LogP contribution is 2.29. The minimum atomic E-state index is -4.44. The second-order valence-electron chi connectivity index (χ2n) is 7.78. The third-order valence-electron chi connectivity index (χ3n) is 4.87. The van der Waals surface area contributed by atoms with Crippen LogP contribution in [0.15, 0.2) is 30.7 Å². The molecule has 33 heavy (non-hydrogen) atoms. The summed E-state index contributed by atoms with van der Waals surface area (Å²) >= 11 is 0. The van der Waals surface area contributed by atoms with E-state index >= 15 is 0 Å². The van der Waals surface area contributed by atoms with E-state index in [0.717, 1.165) is 33.9 Å². The lowest BCUT2D eigenvalue weighted by atomic mass is 10.0. The summed E-state index contributed by atoms with van der Waals surface area (Å²) in [6.07, 6.45) is 1.68. The molecule has 0 fully saturated rings. The van der Waals surface area contributed by atoms with Crippen LogP contribution >= 0.6 is 0 Å². The fourth-order valence-electron chi connectivity index (χ4n) is 3.27. The zero-order valence-corrected chi connectivity index (χ0v) is 18.9. The van der Waals surface area contributed by atoms with Crippen molar-refractivity contribution in [1.82, 2.24) is 24.7 Å². The number of halogens is 3. The molecule has 0 saturated carbocycles. The molecule has 0 atom stereocenters. The number of carbonyl (C=O) groups is 1. The van der Waals surface area contributed by atoms with Crippen molar-refractivity contribution in [1.29, 1.82) is 0 Å². The number of pyridine rings is 1. The van der Waals surface area contributed by atoms with Gasteiger partial charge in [-0.1, -0.05) is 25.6 Å². The van der Waals surface area contributed by atoms with E-state index in [1.165, 1.54) is 17.7 Å². The molecule has 0 aliphatic rings. The Labute approximate surface area is 189 Å². The smallest absolute Gasteiger partial charge is 0.417 e. The number of ether oxygens (including phenoxy) is 1. The number of carbonyl (C=O) groups excluding carboxylic acids is 1. The monoisotopic (exact) mass is 465 g/mol. The highest BCUT2D eigenvalue weighted by Gasteiger charge is 2.30. The van der Waals surface area contributed by atoms with Gasteiger partial charge in [-0.05, 0) is 42.9 Å². The number of hydrogen-bond donors (Lipinski definition) is 0. The van der Waals surface area contributed by atoms with Gasteiger partial charge in [-0.3, -0.25) is 0 Å². The number of rotatable bonds is 9. The summed E-state index contributed by atoms with van der Waals surface area (Å²) in [6.45, 7) is 7.57. The fourth-order valence-corrected chi connectivity index (χ4v) is 3.27. The summed E-state index contributed by atoms with van der Waals surface area (Å²) in [6, 6.07) is 2.29. The number of aryl methyl sites for hydroxylation is 2. The van der Waals surface area contributed by atoms with Crippen LogP contribution in [0, 0.1) is 0 Å². The zero-order valence-electron chi connectivity index (χ0n) is 18.9. The summed E-state index contributed by atoms with van der Waals surface area (Å²) in [5.41, 5.74) is 1.81. The van der Waals surface area contributed by atoms with Crippen molar-refractivity contribution in [2.75, 3.05) is 6.61 Å². The van der Waals surface area contributed by atoms with Crippen LogP contribution in [0.3, 0.4) is 0 Å². The van der Waals surface area contributed by atoms with E-state index in [1.54, 1.807) is 12.4 Å². The molecule has 8 nitrogen and oxygen atoms in total. The van der Waals surface area contributed by atoms with Gasteiger partial charge in [-0.25, -0.2) is 14.5 Å². The minimum Gasteiger partial charge on any atom is -0.475 e. The second-order valence-corrected chi connectivity index (χ2v) is 7.78. The quantitative estimate of drug-likeness (QED) is 0.442. The molecule has 0 aromatic carbocycles. The molecule has 0 aliphatic carbocycles. The van der Waals surface area contributed by atoms with Gasteiger partial charge < -0.3 is 9.57 Å². The largest absolute Gasteiger partial charge is 0.475 e. The van der Waals surface area contributed by atoms with Crippen molar-refractivity contribution < 1.29 is 27.5 Å². The lowest BCUT2D eigenvalue weighted by Gasteiger charge is -2.10. The van der Waals surface area contributed by atoms with E-state index in [4.69, 9.17) is 9.57 Å². The SMILES string of the molecule is CCc1cnn(OC(C)=O)c1OCCCc1cn(-c2ccc(C(F)(F)F)cn2)nc1C(C)C. The minimum absolute atomic E-state index is 0.119. The Morgan fingerprint density at radius 2 is 1.94 bits per heavy atom. The van der Waals surface area contributed by atoms with Crippen LogP contribution in [0.4, 0.5) is 13.2 Å². The Kier molecular flexibility index (Phi) is 7.39. The van der Waals surface area contributed by atoms with Crippen LogP contribution in [0.5, 0.6) is 5.88 Å². The molecule has 0 bridgehead atoms. The van der Waals surface area contributed by atoms with Gasteiger partial charge in [0.1, 0.15) is 0 Å². The summed E-state index contributed by atoms with van der Waals surface area (Å²) in [5.74, 6) is 0.317. The Morgan fingerprint density at radius 1 is 1.18 bits per heavy atom. The van der Waals surface area contributed by atoms with Gasteiger partial charge in [0, 0.05) is 24.9 Å². The van der Waals surface area contributed by atoms with E-state index in [-0.39, 0.29) is 5.92 Å². The van der Waals surface area contributed by atoms with Gasteiger partial charge in [0.15, 0.2) is 5.82 Å². The molecule has 0 saturated heterocycles. The fraction of sp³-hybridized carbons (Fsp3) is 0.455. The first kappa shape index (κ1) is 24.3. The Morgan fingerprint density at radius 3 is 2.52 bits per heavy atom. The molecule has 0 radical (unpaired) electrons. The van der Waals surface area contributed by atoms with Gasteiger partial charge in [0.25, 0.3) is 5.88 Å². The van der Waals surface area contributed by atoms with Crippen molar-refractivity contribution in [3.63, 3.8) is 0 Å². The molecule has 11 heteroatoms. The molecule has 0 unspecified atom stereocenters. The van der Waals surface area contributed by atoms with E-state index < -0.39 is 17.7 Å². The number of hydrogen-bond acceptors (Lipinski definition) is 6. The lowest BCUT2D eigenvalue weighted by molar-refractivity contribution is -0.144. The first-order valence-electron chi connectivity index (χ1n) is 10.6. The molecule has 0 aliphatic heterocycles. The molecular formula is C22H26F3N5O3. The maximum atomic E-state index is 12.8. The van der Waals surface area contributed by atoms with Gasteiger partial charge in [-0.2, -0.15) is 18.3 Å². The molecule has 3 aromatic heterocycles. The predicted octanol–water partition coefficient (Wildman–Crippen LogP) is 4.16. The van der Waals surface area contributed by atoms with Crippen LogP contribution < -0.4 is 9.57 Å². The topological polar surface area (TPSA) is 84.1 Å². The van der Waals surface area contributed by atoms with Gasteiger partial charge in [0.05, 0.1) is 24.1 Å². The van der Waals surface area contributed by atoms with Gasteiger partial charge in [-0.15, -0.1) is 5.10 Å². The molecular weight excluding hydrogens is 439 g/mol. The van der Waals surface area contributed by atoms with Crippen LogP contribution in [-0.2, 0) is 23.8 Å². The third-order valence-corrected chi connectivity index (χ3v) is 4.87. The molecule has 0 N–H and O–H groups in total. The maximum Gasteiger partial charge on any atom is 0.417 e. The highest BCUT2D eigenvalue weighted by atomic mass is 19.4. The highest BCUT2D eigenvalue weighted by molar-refractivity contribution is 5.66. The Hall–Kier alpha value is -3.37. The average Bonchev–Trinajstić information content (AvgIpc) is 3.34. The summed E-state index contributed by atoms with van der Waals surface area (Å²) in [5, 5.41) is 8.55. The normalized spacial score (nSPS) is 11.8. The van der Waals surface area contributed by atoms with E-state index in [1.807, 2.05) is 20.8 Å². The Balaban J connectivity index is 1.69. The van der Waals surface area contributed by atoms with Crippen LogP contribution in [-0.4, -0.2) is 37.3 Å². The van der Waals surface area contributed by atoms with E-state index in [9.17, 15) is 18.0 Å². The zero-order chi connectivity index (χ0) is 24.2.